The van der Waals surface area contributed by atoms with Gasteiger partial charge in [-0.1, -0.05) is 30.3 Å². The van der Waals surface area contributed by atoms with Crippen LogP contribution in [0.4, 0.5) is 0 Å². The third kappa shape index (κ3) is 4.08. The lowest BCUT2D eigenvalue weighted by Gasteiger charge is -2.29. The number of rotatable bonds is 5. The molecule has 1 aromatic rings. The van der Waals surface area contributed by atoms with Gasteiger partial charge in [-0.3, -0.25) is 9.69 Å². The largest absolute Gasteiger partial charge is 0.378 e. The van der Waals surface area contributed by atoms with Crippen LogP contribution in [0.3, 0.4) is 0 Å². The van der Waals surface area contributed by atoms with E-state index in [0.29, 0.717) is 25.7 Å². The fraction of sp³-hybridized carbons (Fsp3) is 0.611. The number of amides is 1. The molecule has 120 valence electrons. The Balaban J connectivity index is 1.47. The third-order valence-electron chi connectivity index (χ3n) is 4.79. The number of carbonyl (C=O) groups excluding carboxylic acids is 1. The fourth-order valence-corrected chi connectivity index (χ4v) is 3.52. The number of nitrogens with zero attached hydrogens (tertiary/aromatic N) is 2. The molecule has 1 unspecified atom stereocenters. The number of carbonyl (C=O) groups is 1. The molecule has 1 aromatic carbocycles. The number of benzene rings is 1. The normalized spacial score (nSPS) is 22.9. The molecule has 2 fully saturated rings. The lowest BCUT2D eigenvalue weighted by Crippen LogP contribution is -2.42. The van der Waals surface area contributed by atoms with E-state index in [0.717, 1.165) is 32.6 Å². The molecule has 1 atom stereocenters. The Labute approximate surface area is 133 Å². The molecular weight excluding hydrogens is 276 g/mol. The summed E-state index contributed by atoms with van der Waals surface area (Å²) in [6.07, 6.45) is 4.25. The molecule has 3 rings (SSSR count). The third-order valence-corrected chi connectivity index (χ3v) is 4.79. The number of likely N-dealkylation sites (tertiary alicyclic amines) is 1. The lowest BCUT2D eigenvalue weighted by molar-refractivity contribution is -0.135. The average molecular weight is 302 g/mol. The molecule has 0 N–H and O–H groups in total. The summed E-state index contributed by atoms with van der Waals surface area (Å²) in [4.78, 5) is 16.7. The standard InChI is InChI=1S/C18H26N2O2/c21-18(20-11-13-22-14-12-20)8-10-19-9-4-7-17(19)15-16-5-2-1-3-6-16/h1-3,5-6,17H,4,7-15H2. The van der Waals surface area contributed by atoms with Gasteiger partial charge in [0.1, 0.15) is 0 Å². The summed E-state index contributed by atoms with van der Waals surface area (Å²) in [6.45, 7) is 4.91. The van der Waals surface area contributed by atoms with Crippen molar-refractivity contribution in [3.63, 3.8) is 0 Å². The van der Waals surface area contributed by atoms with Crippen molar-refractivity contribution in [3.8, 4) is 0 Å². The van der Waals surface area contributed by atoms with E-state index in [4.69, 9.17) is 4.74 Å². The Morgan fingerprint density at radius 1 is 1.14 bits per heavy atom. The topological polar surface area (TPSA) is 32.8 Å². The molecule has 2 aliphatic heterocycles. The molecule has 0 radical (unpaired) electrons. The van der Waals surface area contributed by atoms with Crippen molar-refractivity contribution in [2.24, 2.45) is 0 Å². The minimum atomic E-state index is 0.286. The van der Waals surface area contributed by atoms with Crippen LogP contribution >= 0.6 is 0 Å². The molecule has 0 aromatic heterocycles. The van der Waals surface area contributed by atoms with Gasteiger partial charge in [0, 0.05) is 32.1 Å². The van der Waals surface area contributed by atoms with Crippen LogP contribution < -0.4 is 0 Å². The lowest BCUT2D eigenvalue weighted by atomic mass is 10.0. The van der Waals surface area contributed by atoms with E-state index in [1.54, 1.807) is 0 Å². The second-order valence-corrected chi connectivity index (χ2v) is 6.26. The molecule has 0 spiro atoms. The minimum absolute atomic E-state index is 0.286. The summed E-state index contributed by atoms with van der Waals surface area (Å²) in [5.41, 5.74) is 1.40. The molecule has 2 saturated heterocycles. The van der Waals surface area contributed by atoms with Crippen molar-refractivity contribution >= 4 is 5.91 Å². The first-order valence-electron chi connectivity index (χ1n) is 8.46. The molecule has 0 aliphatic carbocycles. The zero-order valence-electron chi connectivity index (χ0n) is 13.2. The maximum atomic E-state index is 12.3. The first-order valence-corrected chi connectivity index (χ1v) is 8.46. The van der Waals surface area contributed by atoms with Crippen LogP contribution in [-0.2, 0) is 16.0 Å². The van der Waals surface area contributed by atoms with Gasteiger partial charge >= 0.3 is 0 Å². The zero-order chi connectivity index (χ0) is 15.2. The Morgan fingerprint density at radius 3 is 2.68 bits per heavy atom. The maximum absolute atomic E-state index is 12.3. The summed E-state index contributed by atoms with van der Waals surface area (Å²) in [5.74, 6) is 0.286. The monoisotopic (exact) mass is 302 g/mol. The van der Waals surface area contributed by atoms with Crippen molar-refractivity contribution in [2.75, 3.05) is 39.4 Å². The zero-order valence-corrected chi connectivity index (χ0v) is 13.2. The average Bonchev–Trinajstić information content (AvgIpc) is 3.01. The van der Waals surface area contributed by atoms with E-state index >= 15 is 0 Å². The highest BCUT2D eigenvalue weighted by molar-refractivity contribution is 5.76. The van der Waals surface area contributed by atoms with Crippen LogP contribution in [0, 0.1) is 0 Å². The molecule has 22 heavy (non-hydrogen) atoms. The van der Waals surface area contributed by atoms with Gasteiger partial charge < -0.3 is 9.64 Å². The molecule has 4 heteroatoms. The van der Waals surface area contributed by atoms with Crippen molar-refractivity contribution in [1.82, 2.24) is 9.80 Å². The van der Waals surface area contributed by atoms with Crippen molar-refractivity contribution in [1.29, 1.82) is 0 Å². The van der Waals surface area contributed by atoms with E-state index < -0.39 is 0 Å². The summed E-state index contributed by atoms with van der Waals surface area (Å²) in [5, 5.41) is 0. The number of hydrogen-bond acceptors (Lipinski definition) is 3. The molecule has 0 bridgehead atoms. The van der Waals surface area contributed by atoms with Gasteiger partial charge in [-0.15, -0.1) is 0 Å². The van der Waals surface area contributed by atoms with Crippen LogP contribution in [0.1, 0.15) is 24.8 Å². The van der Waals surface area contributed by atoms with E-state index in [1.165, 1.54) is 18.4 Å². The first kappa shape index (κ1) is 15.5. The number of ether oxygens (including phenoxy) is 1. The van der Waals surface area contributed by atoms with Crippen LogP contribution in [0.25, 0.3) is 0 Å². The van der Waals surface area contributed by atoms with E-state index in [-0.39, 0.29) is 5.91 Å². The van der Waals surface area contributed by atoms with E-state index in [9.17, 15) is 4.79 Å². The maximum Gasteiger partial charge on any atom is 0.224 e. The fourth-order valence-electron chi connectivity index (χ4n) is 3.52. The van der Waals surface area contributed by atoms with Crippen molar-refractivity contribution in [2.45, 2.75) is 31.7 Å². The predicted octanol–water partition coefficient (Wildman–Crippen LogP) is 1.94. The second kappa shape index (κ2) is 7.75. The van der Waals surface area contributed by atoms with Gasteiger partial charge in [-0.05, 0) is 31.4 Å². The number of hydrogen-bond donors (Lipinski definition) is 0. The highest BCUT2D eigenvalue weighted by Crippen LogP contribution is 2.21. The quantitative estimate of drug-likeness (QED) is 0.833. The van der Waals surface area contributed by atoms with Gasteiger partial charge in [0.2, 0.25) is 5.91 Å². The molecule has 0 saturated carbocycles. The summed E-state index contributed by atoms with van der Waals surface area (Å²) < 4.78 is 5.31. The van der Waals surface area contributed by atoms with Gasteiger partial charge in [0.15, 0.2) is 0 Å². The molecule has 2 heterocycles. The van der Waals surface area contributed by atoms with Crippen molar-refractivity contribution < 1.29 is 9.53 Å². The van der Waals surface area contributed by atoms with Gasteiger partial charge in [0.05, 0.1) is 13.2 Å². The van der Waals surface area contributed by atoms with Gasteiger partial charge in [-0.2, -0.15) is 0 Å². The summed E-state index contributed by atoms with van der Waals surface area (Å²) >= 11 is 0. The molecule has 4 nitrogen and oxygen atoms in total. The van der Waals surface area contributed by atoms with Gasteiger partial charge in [-0.25, -0.2) is 0 Å². The predicted molar refractivity (Wildman–Crippen MR) is 86.8 cm³/mol. The second-order valence-electron chi connectivity index (χ2n) is 6.26. The van der Waals surface area contributed by atoms with E-state index in [2.05, 4.69) is 35.2 Å². The minimum Gasteiger partial charge on any atom is -0.378 e. The first-order chi connectivity index (χ1) is 10.8. The van der Waals surface area contributed by atoms with Crippen LogP contribution in [0.15, 0.2) is 30.3 Å². The summed E-state index contributed by atoms with van der Waals surface area (Å²) in [6, 6.07) is 11.3. The highest BCUT2D eigenvalue weighted by Gasteiger charge is 2.26. The Kier molecular flexibility index (Phi) is 5.46. The molecule has 1 amide bonds. The van der Waals surface area contributed by atoms with Crippen LogP contribution in [0.5, 0.6) is 0 Å². The van der Waals surface area contributed by atoms with Crippen molar-refractivity contribution in [3.05, 3.63) is 35.9 Å². The molecule has 2 aliphatic rings. The van der Waals surface area contributed by atoms with E-state index in [1.807, 2.05) is 4.90 Å². The van der Waals surface area contributed by atoms with Crippen LogP contribution in [0.2, 0.25) is 0 Å². The highest BCUT2D eigenvalue weighted by atomic mass is 16.5. The molecular formula is C18H26N2O2. The Hall–Kier alpha value is -1.39. The Bertz CT molecular complexity index is 471. The SMILES string of the molecule is O=C(CCN1CCCC1Cc1ccccc1)N1CCOCC1. The van der Waals surface area contributed by atoms with Crippen LogP contribution in [-0.4, -0.2) is 61.1 Å². The summed E-state index contributed by atoms with van der Waals surface area (Å²) in [7, 11) is 0. The Morgan fingerprint density at radius 2 is 1.91 bits per heavy atom. The number of morpholine rings is 1. The smallest absolute Gasteiger partial charge is 0.224 e. The van der Waals surface area contributed by atoms with Gasteiger partial charge in [0.25, 0.3) is 0 Å².